The van der Waals surface area contributed by atoms with Crippen molar-refractivity contribution >= 4 is 28.3 Å². The molecule has 0 aliphatic carbocycles. The molecule has 0 aliphatic rings. The van der Waals surface area contributed by atoms with Crippen molar-refractivity contribution in [3.8, 4) is 11.1 Å². The molecule has 0 fully saturated rings. The number of amides is 1. The Labute approximate surface area is 206 Å². The molecular formula is C26H17ClF6N2O. The van der Waals surface area contributed by atoms with Crippen LogP contribution in [-0.4, -0.2) is 10.9 Å². The number of aromatic nitrogens is 1. The van der Waals surface area contributed by atoms with Gasteiger partial charge in [0.15, 0.2) is 0 Å². The molecule has 36 heavy (non-hydrogen) atoms. The van der Waals surface area contributed by atoms with E-state index in [2.05, 4.69) is 10.3 Å². The fourth-order valence-corrected chi connectivity index (χ4v) is 4.09. The highest BCUT2D eigenvalue weighted by Crippen LogP contribution is 2.37. The number of rotatable bonds is 5. The average Bonchev–Trinajstić information content (AvgIpc) is 2.85. The lowest BCUT2D eigenvalue weighted by molar-refractivity contribution is -0.143. The van der Waals surface area contributed by atoms with Gasteiger partial charge in [-0.1, -0.05) is 54.6 Å². The van der Waals surface area contributed by atoms with Gasteiger partial charge in [0.2, 0.25) is 0 Å². The first-order valence-electron chi connectivity index (χ1n) is 10.6. The van der Waals surface area contributed by atoms with Gasteiger partial charge >= 0.3 is 12.4 Å². The predicted molar refractivity (Wildman–Crippen MR) is 124 cm³/mol. The number of alkyl halides is 7. The van der Waals surface area contributed by atoms with Crippen LogP contribution in [0.5, 0.6) is 0 Å². The summed E-state index contributed by atoms with van der Waals surface area (Å²) in [6.07, 6.45) is -9.98. The van der Waals surface area contributed by atoms with E-state index >= 15 is 0 Å². The minimum absolute atomic E-state index is 0.0154. The maximum atomic E-state index is 13.2. The van der Waals surface area contributed by atoms with Gasteiger partial charge in [-0.2, -0.15) is 26.3 Å². The van der Waals surface area contributed by atoms with Gasteiger partial charge in [0.1, 0.15) is 5.69 Å². The van der Waals surface area contributed by atoms with Crippen molar-refractivity contribution in [2.45, 2.75) is 24.8 Å². The molecule has 0 saturated carbocycles. The lowest BCUT2D eigenvalue weighted by atomic mass is 9.95. The smallest absolute Gasteiger partial charge is 0.347 e. The van der Waals surface area contributed by atoms with Crippen LogP contribution in [0.1, 0.15) is 32.9 Å². The quantitative estimate of drug-likeness (QED) is 0.216. The van der Waals surface area contributed by atoms with Gasteiger partial charge in [0.05, 0.1) is 22.7 Å². The molecule has 1 N–H and O–H groups in total. The number of carbonyl (C=O) groups is 1. The van der Waals surface area contributed by atoms with Crippen LogP contribution in [0.15, 0.2) is 72.8 Å². The van der Waals surface area contributed by atoms with Crippen LogP contribution in [0.3, 0.4) is 0 Å². The molecule has 186 valence electrons. The number of hydrogen-bond acceptors (Lipinski definition) is 2. The van der Waals surface area contributed by atoms with Crippen LogP contribution in [0, 0.1) is 0 Å². The molecule has 1 aromatic heterocycles. The first-order chi connectivity index (χ1) is 17.0. The normalized spacial score (nSPS) is 12.1. The van der Waals surface area contributed by atoms with Gasteiger partial charge in [-0.25, -0.2) is 4.98 Å². The van der Waals surface area contributed by atoms with E-state index in [1.807, 2.05) is 0 Å². The Kier molecular flexibility index (Phi) is 6.95. The Morgan fingerprint density at radius 3 is 1.92 bits per heavy atom. The molecule has 0 bridgehead atoms. The van der Waals surface area contributed by atoms with E-state index in [9.17, 15) is 31.1 Å². The van der Waals surface area contributed by atoms with Gasteiger partial charge in [-0.15, -0.1) is 11.6 Å². The Balaban J connectivity index is 1.76. The van der Waals surface area contributed by atoms with E-state index in [1.54, 1.807) is 54.6 Å². The fraction of sp³-hybridized carbons (Fsp3) is 0.154. The molecule has 0 unspecified atom stereocenters. The predicted octanol–water partition coefficient (Wildman–Crippen LogP) is 7.61. The minimum atomic E-state index is -4.99. The van der Waals surface area contributed by atoms with E-state index in [1.165, 1.54) is 0 Å². The highest BCUT2D eigenvalue weighted by Gasteiger charge is 2.37. The summed E-state index contributed by atoms with van der Waals surface area (Å²) >= 11 is 6.07. The van der Waals surface area contributed by atoms with Crippen LogP contribution in [0.4, 0.5) is 26.3 Å². The minimum Gasteiger partial charge on any atom is -0.347 e. The summed E-state index contributed by atoms with van der Waals surface area (Å²) in [5, 5.41) is 3.82. The van der Waals surface area contributed by atoms with Gasteiger partial charge in [0.25, 0.3) is 5.91 Å². The Hall–Kier alpha value is -3.59. The van der Waals surface area contributed by atoms with Crippen LogP contribution in [-0.2, 0) is 24.8 Å². The zero-order valence-electron chi connectivity index (χ0n) is 18.3. The third-order valence-corrected chi connectivity index (χ3v) is 5.75. The van der Waals surface area contributed by atoms with Crippen molar-refractivity contribution in [2.24, 2.45) is 0 Å². The monoisotopic (exact) mass is 522 g/mol. The molecule has 3 nitrogen and oxygen atoms in total. The number of nitrogens with one attached hydrogen (secondary N) is 1. The van der Waals surface area contributed by atoms with Gasteiger partial charge in [0, 0.05) is 17.5 Å². The lowest BCUT2D eigenvalue weighted by Gasteiger charge is -2.17. The maximum absolute atomic E-state index is 13.2. The molecule has 1 heterocycles. The summed E-state index contributed by atoms with van der Waals surface area (Å²) in [7, 11) is 0. The Morgan fingerprint density at radius 2 is 1.36 bits per heavy atom. The summed E-state index contributed by atoms with van der Waals surface area (Å²) < 4.78 is 79.2. The SMILES string of the molecule is O=C(NCc1cc(C(F)(F)F)cc(C(F)(F)F)c1)c1nc(CCl)c2ccccc2c1-c1ccccc1. The highest BCUT2D eigenvalue weighted by atomic mass is 35.5. The molecule has 0 spiro atoms. The molecule has 4 aromatic rings. The second-order valence-electron chi connectivity index (χ2n) is 7.92. The van der Waals surface area contributed by atoms with Crippen LogP contribution in [0.2, 0.25) is 0 Å². The van der Waals surface area contributed by atoms with E-state index in [0.717, 1.165) is 5.39 Å². The van der Waals surface area contributed by atoms with E-state index in [4.69, 9.17) is 11.6 Å². The van der Waals surface area contributed by atoms with Crippen molar-refractivity contribution in [3.05, 3.63) is 101 Å². The van der Waals surface area contributed by atoms with Crippen molar-refractivity contribution in [3.63, 3.8) is 0 Å². The molecule has 4 rings (SSSR count). The fourth-order valence-electron chi connectivity index (χ4n) is 3.88. The van der Waals surface area contributed by atoms with Crippen molar-refractivity contribution in [1.29, 1.82) is 0 Å². The van der Waals surface area contributed by atoms with Crippen LogP contribution >= 0.6 is 11.6 Å². The van der Waals surface area contributed by atoms with E-state index in [-0.39, 0.29) is 23.2 Å². The van der Waals surface area contributed by atoms with Crippen molar-refractivity contribution in [2.75, 3.05) is 0 Å². The van der Waals surface area contributed by atoms with Crippen molar-refractivity contribution < 1.29 is 31.1 Å². The number of pyridine rings is 1. The van der Waals surface area contributed by atoms with E-state index < -0.39 is 35.9 Å². The summed E-state index contributed by atoms with van der Waals surface area (Å²) in [6.45, 7) is -0.579. The molecule has 0 radical (unpaired) electrons. The number of fused-ring (bicyclic) bond motifs is 1. The zero-order chi connectivity index (χ0) is 26.1. The van der Waals surface area contributed by atoms with Gasteiger partial charge in [-0.05, 0) is 34.7 Å². The number of nitrogens with zero attached hydrogens (tertiary/aromatic N) is 1. The number of carbonyl (C=O) groups excluding carboxylic acids is 1. The molecule has 0 saturated heterocycles. The van der Waals surface area contributed by atoms with Crippen LogP contribution < -0.4 is 5.32 Å². The Morgan fingerprint density at radius 1 is 0.806 bits per heavy atom. The Bertz CT molecular complexity index is 1390. The number of halogens is 7. The molecule has 3 aromatic carbocycles. The maximum Gasteiger partial charge on any atom is 0.416 e. The first-order valence-corrected chi connectivity index (χ1v) is 11.1. The summed E-state index contributed by atoms with van der Waals surface area (Å²) in [6, 6.07) is 17.2. The zero-order valence-corrected chi connectivity index (χ0v) is 19.1. The second kappa shape index (κ2) is 9.81. The summed E-state index contributed by atoms with van der Waals surface area (Å²) in [4.78, 5) is 17.6. The average molecular weight is 523 g/mol. The summed E-state index contributed by atoms with van der Waals surface area (Å²) in [5.41, 5.74) is -1.78. The summed E-state index contributed by atoms with van der Waals surface area (Å²) in [5.74, 6) is -0.782. The molecule has 10 heteroatoms. The highest BCUT2D eigenvalue weighted by molar-refractivity contribution is 6.18. The largest absolute Gasteiger partial charge is 0.416 e. The standard InChI is InChI=1S/C26H17ClF6N2O/c27-13-21-19-8-4-5-9-20(19)22(16-6-2-1-3-7-16)23(35-21)24(36)34-14-15-10-17(25(28,29)30)12-18(11-15)26(31,32)33/h1-12H,13-14H2,(H,34,36). The second-order valence-corrected chi connectivity index (χ2v) is 8.19. The van der Waals surface area contributed by atoms with Gasteiger partial charge < -0.3 is 5.32 Å². The molecule has 0 atom stereocenters. The molecule has 1 amide bonds. The topological polar surface area (TPSA) is 42.0 Å². The van der Waals surface area contributed by atoms with Crippen molar-refractivity contribution in [1.82, 2.24) is 10.3 Å². The lowest BCUT2D eigenvalue weighted by Crippen LogP contribution is -2.25. The number of benzene rings is 3. The third kappa shape index (κ3) is 5.31. The van der Waals surface area contributed by atoms with E-state index in [0.29, 0.717) is 34.3 Å². The molecule has 0 aliphatic heterocycles. The number of hydrogen-bond donors (Lipinski definition) is 1. The van der Waals surface area contributed by atoms with Gasteiger partial charge in [-0.3, -0.25) is 4.79 Å². The third-order valence-electron chi connectivity index (χ3n) is 5.50. The molecular weight excluding hydrogens is 506 g/mol. The first kappa shape index (κ1) is 25.5. The van der Waals surface area contributed by atoms with Crippen LogP contribution in [0.25, 0.3) is 21.9 Å².